The fourth-order valence-electron chi connectivity index (χ4n) is 2.70. The van der Waals surface area contributed by atoms with Crippen molar-refractivity contribution >= 4 is 17.5 Å². The summed E-state index contributed by atoms with van der Waals surface area (Å²) in [7, 11) is 1.46. The normalized spacial score (nSPS) is 11.5. The van der Waals surface area contributed by atoms with Gasteiger partial charge in [0, 0.05) is 13.1 Å². The second-order valence-electron chi connectivity index (χ2n) is 6.29. The first-order chi connectivity index (χ1) is 13.5. The zero-order valence-corrected chi connectivity index (χ0v) is 15.5. The van der Waals surface area contributed by atoms with Gasteiger partial charge in [0.05, 0.1) is 17.3 Å². The van der Waals surface area contributed by atoms with Gasteiger partial charge in [-0.15, -0.1) is 0 Å². The van der Waals surface area contributed by atoms with Crippen LogP contribution in [-0.4, -0.2) is 21.6 Å². The van der Waals surface area contributed by atoms with E-state index in [2.05, 4.69) is 15.7 Å². The second-order valence-corrected chi connectivity index (χ2v) is 6.29. The van der Waals surface area contributed by atoms with Crippen LogP contribution in [0.4, 0.5) is 5.69 Å². The number of benzene rings is 2. The molecule has 0 radical (unpaired) electrons. The Hall–Kier alpha value is -3.74. The van der Waals surface area contributed by atoms with Crippen LogP contribution >= 0.6 is 0 Å². The molecule has 2 aromatic carbocycles. The maximum absolute atomic E-state index is 12.7. The van der Waals surface area contributed by atoms with E-state index in [9.17, 15) is 14.4 Å². The fraction of sp³-hybridized carbons (Fsp3) is 0.143. The molecule has 7 nitrogen and oxygen atoms in total. The highest BCUT2D eigenvalue weighted by molar-refractivity contribution is 6.08. The van der Waals surface area contributed by atoms with Gasteiger partial charge in [-0.25, -0.2) is 4.68 Å². The Kier molecular flexibility index (Phi) is 5.64. The summed E-state index contributed by atoms with van der Waals surface area (Å²) in [5.41, 5.74) is 1.44. The molecule has 0 saturated carbocycles. The fourth-order valence-corrected chi connectivity index (χ4v) is 2.70. The second kappa shape index (κ2) is 8.30. The Labute approximate surface area is 162 Å². The van der Waals surface area contributed by atoms with Crippen molar-refractivity contribution in [3.8, 4) is 0 Å². The minimum Gasteiger partial charge on any atom is -0.345 e. The van der Waals surface area contributed by atoms with E-state index >= 15 is 0 Å². The van der Waals surface area contributed by atoms with Crippen molar-refractivity contribution in [3.63, 3.8) is 0 Å². The molecule has 1 unspecified atom stereocenters. The highest BCUT2D eigenvalue weighted by Gasteiger charge is 2.17. The Morgan fingerprint density at radius 2 is 1.61 bits per heavy atom. The Morgan fingerprint density at radius 1 is 0.929 bits per heavy atom. The number of hydrogen-bond acceptors (Lipinski definition) is 4. The maximum atomic E-state index is 12.7. The molecule has 0 aliphatic heterocycles. The van der Waals surface area contributed by atoms with Crippen LogP contribution in [0.5, 0.6) is 0 Å². The summed E-state index contributed by atoms with van der Waals surface area (Å²) in [6, 6.07) is 18.7. The summed E-state index contributed by atoms with van der Waals surface area (Å²) in [6.45, 7) is 1.89. The predicted molar refractivity (Wildman–Crippen MR) is 106 cm³/mol. The van der Waals surface area contributed by atoms with Crippen molar-refractivity contribution in [1.29, 1.82) is 0 Å². The van der Waals surface area contributed by atoms with E-state index in [0.29, 0.717) is 11.3 Å². The number of hydrogen-bond donors (Lipinski definition) is 2. The first-order valence-electron chi connectivity index (χ1n) is 8.76. The monoisotopic (exact) mass is 376 g/mol. The van der Waals surface area contributed by atoms with Crippen molar-refractivity contribution in [2.24, 2.45) is 7.05 Å². The molecule has 0 spiro atoms. The molecule has 0 bridgehead atoms. The van der Waals surface area contributed by atoms with Crippen LogP contribution in [0, 0.1) is 0 Å². The zero-order valence-electron chi connectivity index (χ0n) is 15.5. The number of aryl methyl sites for hydroxylation is 1. The van der Waals surface area contributed by atoms with Crippen molar-refractivity contribution < 1.29 is 9.59 Å². The molecule has 3 rings (SSSR count). The van der Waals surface area contributed by atoms with Crippen LogP contribution < -0.4 is 16.2 Å². The molecule has 1 aromatic heterocycles. The Morgan fingerprint density at radius 3 is 2.32 bits per heavy atom. The third kappa shape index (κ3) is 4.32. The van der Waals surface area contributed by atoms with Gasteiger partial charge in [0.1, 0.15) is 5.69 Å². The molecule has 28 heavy (non-hydrogen) atoms. The van der Waals surface area contributed by atoms with E-state index in [-0.39, 0.29) is 23.2 Å². The summed E-state index contributed by atoms with van der Waals surface area (Å²) in [4.78, 5) is 36.6. The standard InChI is InChI=1S/C21H20N4O3/c1-14(15-8-4-3-5-9-15)22-20(27)16-10-6-7-11-17(16)23-21(28)18-12-13-19(26)25(2)24-18/h3-14H,1-2H3,(H,22,27)(H,23,28). The molecular formula is C21H20N4O3. The first-order valence-corrected chi connectivity index (χ1v) is 8.76. The summed E-state index contributed by atoms with van der Waals surface area (Å²) in [6.07, 6.45) is 0. The van der Waals surface area contributed by atoms with E-state index in [1.807, 2.05) is 37.3 Å². The Bertz CT molecular complexity index is 1060. The third-order valence-electron chi connectivity index (χ3n) is 4.26. The molecule has 0 aliphatic rings. The van der Waals surface area contributed by atoms with E-state index in [1.165, 1.54) is 19.2 Å². The quantitative estimate of drug-likeness (QED) is 0.716. The molecular weight excluding hydrogens is 356 g/mol. The van der Waals surface area contributed by atoms with Crippen LogP contribution in [0.2, 0.25) is 0 Å². The van der Waals surface area contributed by atoms with Crippen molar-refractivity contribution in [2.45, 2.75) is 13.0 Å². The van der Waals surface area contributed by atoms with Gasteiger partial charge in [0.25, 0.3) is 17.4 Å². The van der Waals surface area contributed by atoms with Gasteiger partial charge < -0.3 is 10.6 Å². The topological polar surface area (TPSA) is 93.1 Å². The van der Waals surface area contributed by atoms with Crippen LogP contribution in [-0.2, 0) is 7.05 Å². The van der Waals surface area contributed by atoms with Gasteiger partial charge in [-0.3, -0.25) is 14.4 Å². The average molecular weight is 376 g/mol. The number of nitrogens with one attached hydrogen (secondary N) is 2. The van der Waals surface area contributed by atoms with E-state index in [4.69, 9.17) is 0 Å². The first kappa shape index (κ1) is 19.0. The lowest BCUT2D eigenvalue weighted by molar-refractivity contribution is 0.0941. The van der Waals surface area contributed by atoms with Crippen molar-refractivity contribution in [1.82, 2.24) is 15.1 Å². The SMILES string of the molecule is CC(NC(=O)c1ccccc1NC(=O)c1ccc(=O)n(C)n1)c1ccccc1. The summed E-state index contributed by atoms with van der Waals surface area (Å²) < 4.78 is 1.08. The third-order valence-corrected chi connectivity index (χ3v) is 4.26. The largest absolute Gasteiger partial charge is 0.345 e. The lowest BCUT2D eigenvalue weighted by Gasteiger charge is -2.16. The molecule has 1 heterocycles. The molecule has 1 atom stereocenters. The average Bonchev–Trinajstić information content (AvgIpc) is 2.71. The summed E-state index contributed by atoms with van der Waals surface area (Å²) in [5.74, 6) is -0.812. The molecule has 0 aliphatic carbocycles. The highest BCUT2D eigenvalue weighted by atomic mass is 16.2. The predicted octanol–water partition coefficient (Wildman–Crippen LogP) is 2.52. The van der Waals surface area contributed by atoms with E-state index < -0.39 is 5.91 Å². The summed E-state index contributed by atoms with van der Waals surface area (Å²) in [5, 5.41) is 9.54. The number of amides is 2. The molecule has 142 valence electrons. The molecule has 3 aromatic rings. The zero-order chi connectivity index (χ0) is 20.1. The van der Waals surface area contributed by atoms with Gasteiger partial charge in [0.2, 0.25) is 0 Å². The molecule has 2 amide bonds. The maximum Gasteiger partial charge on any atom is 0.276 e. The minimum absolute atomic E-state index is 0.0787. The number of rotatable bonds is 5. The van der Waals surface area contributed by atoms with Gasteiger partial charge in [-0.1, -0.05) is 42.5 Å². The van der Waals surface area contributed by atoms with Crippen molar-refractivity contribution in [3.05, 3.63) is 93.9 Å². The number of anilines is 1. The number of aromatic nitrogens is 2. The lowest BCUT2D eigenvalue weighted by Crippen LogP contribution is -2.28. The minimum atomic E-state index is -0.507. The highest BCUT2D eigenvalue weighted by Crippen LogP contribution is 2.18. The lowest BCUT2D eigenvalue weighted by atomic mass is 10.1. The Balaban J connectivity index is 1.78. The molecule has 2 N–H and O–H groups in total. The number of nitrogens with zero attached hydrogens (tertiary/aromatic N) is 2. The molecule has 0 fully saturated rings. The van der Waals surface area contributed by atoms with Crippen LogP contribution in [0.3, 0.4) is 0 Å². The number of carbonyl (C=O) groups excluding carboxylic acids is 2. The number of para-hydroxylation sites is 1. The van der Waals surface area contributed by atoms with Gasteiger partial charge in [0.15, 0.2) is 0 Å². The van der Waals surface area contributed by atoms with Crippen molar-refractivity contribution in [2.75, 3.05) is 5.32 Å². The van der Waals surface area contributed by atoms with Crippen LogP contribution in [0.15, 0.2) is 71.5 Å². The van der Waals surface area contributed by atoms with Gasteiger partial charge in [-0.05, 0) is 30.7 Å². The van der Waals surface area contributed by atoms with Gasteiger partial charge in [-0.2, -0.15) is 5.10 Å². The molecule has 0 saturated heterocycles. The smallest absolute Gasteiger partial charge is 0.276 e. The van der Waals surface area contributed by atoms with E-state index in [0.717, 1.165) is 10.2 Å². The number of carbonyl (C=O) groups is 2. The summed E-state index contributed by atoms with van der Waals surface area (Å²) >= 11 is 0. The van der Waals surface area contributed by atoms with Crippen LogP contribution in [0.25, 0.3) is 0 Å². The van der Waals surface area contributed by atoms with Crippen LogP contribution in [0.1, 0.15) is 39.4 Å². The van der Waals surface area contributed by atoms with E-state index in [1.54, 1.807) is 24.3 Å². The molecule has 7 heteroatoms. The van der Waals surface area contributed by atoms with Gasteiger partial charge >= 0.3 is 0 Å².